The number of likely N-dealkylation sites (N-methyl/N-ethyl adjacent to an activating group) is 1. The van der Waals surface area contributed by atoms with E-state index in [1.54, 1.807) is 25.1 Å². The zero-order valence-corrected chi connectivity index (χ0v) is 15.7. The number of carbonyl (C=O) groups excluding carboxylic acids is 1. The molecule has 1 aromatic rings. The van der Waals surface area contributed by atoms with Crippen LogP contribution in [0.3, 0.4) is 0 Å². The van der Waals surface area contributed by atoms with E-state index in [-0.39, 0.29) is 23.9 Å². The summed E-state index contributed by atoms with van der Waals surface area (Å²) in [5.41, 5.74) is 0.668. The van der Waals surface area contributed by atoms with E-state index < -0.39 is 0 Å². The molecule has 2 fully saturated rings. The van der Waals surface area contributed by atoms with Gasteiger partial charge in [0.05, 0.1) is 5.60 Å². The van der Waals surface area contributed by atoms with Gasteiger partial charge in [-0.3, -0.25) is 9.69 Å². The molecule has 2 aliphatic rings. The van der Waals surface area contributed by atoms with Crippen molar-refractivity contribution in [3.63, 3.8) is 0 Å². The third-order valence-electron chi connectivity index (χ3n) is 5.37. The molecule has 0 aliphatic carbocycles. The summed E-state index contributed by atoms with van der Waals surface area (Å²) in [6.07, 6.45) is 3.02. The Labute approximate surface area is 155 Å². The van der Waals surface area contributed by atoms with E-state index in [1.807, 2.05) is 12.1 Å². The number of nitrogens with zero attached hydrogens (tertiary/aromatic N) is 2. The van der Waals surface area contributed by atoms with Gasteiger partial charge in [0, 0.05) is 52.5 Å². The number of amides is 1. The van der Waals surface area contributed by atoms with Crippen molar-refractivity contribution < 1.29 is 18.7 Å². The van der Waals surface area contributed by atoms with Crippen LogP contribution in [0.15, 0.2) is 24.3 Å². The van der Waals surface area contributed by atoms with Crippen LogP contribution < -0.4 is 0 Å². The highest BCUT2D eigenvalue weighted by molar-refractivity contribution is 5.76. The summed E-state index contributed by atoms with van der Waals surface area (Å²) in [4.78, 5) is 15.3. The number of hydrogen-bond acceptors (Lipinski definition) is 4. The number of hydrogen-bond donors (Lipinski definition) is 0. The normalized spacial score (nSPS) is 22.2. The molecule has 1 spiro atoms. The van der Waals surface area contributed by atoms with E-state index in [0.717, 1.165) is 44.5 Å². The SMILES string of the molecule is CN(C)C(=O)COCCC1CCOC2(C1)CN(Cc1ccccc1F)C2. The lowest BCUT2D eigenvalue weighted by atomic mass is 9.79. The van der Waals surface area contributed by atoms with E-state index >= 15 is 0 Å². The summed E-state index contributed by atoms with van der Waals surface area (Å²) >= 11 is 0. The lowest BCUT2D eigenvalue weighted by Gasteiger charge is -2.53. The second kappa shape index (κ2) is 8.46. The molecular weight excluding hydrogens is 335 g/mol. The molecule has 2 aliphatic heterocycles. The fourth-order valence-electron chi connectivity index (χ4n) is 3.88. The number of likely N-dealkylation sites (tertiary alicyclic amines) is 1. The van der Waals surface area contributed by atoms with Crippen LogP contribution in [0.4, 0.5) is 4.39 Å². The highest BCUT2D eigenvalue weighted by atomic mass is 19.1. The largest absolute Gasteiger partial charge is 0.372 e. The zero-order chi connectivity index (χ0) is 18.6. The Morgan fingerprint density at radius 2 is 2.15 bits per heavy atom. The van der Waals surface area contributed by atoms with Crippen LogP contribution in [0.5, 0.6) is 0 Å². The number of rotatable bonds is 7. The van der Waals surface area contributed by atoms with E-state index in [2.05, 4.69) is 4.90 Å². The number of benzene rings is 1. The van der Waals surface area contributed by atoms with Gasteiger partial charge in [-0.2, -0.15) is 0 Å². The van der Waals surface area contributed by atoms with Crippen molar-refractivity contribution in [2.75, 3.05) is 47.0 Å². The van der Waals surface area contributed by atoms with E-state index in [9.17, 15) is 9.18 Å². The van der Waals surface area contributed by atoms with E-state index in [4.69, 9.17) is 9.47 Å². The van der Waals surface area contributed by atoms with Gasteiger partial charge in [0.15, 0.2) is 0 Å². The molecule has 0 aromatic heterocycles. The quantitative estimate of drug-likeness (QED) is 0.697. The lowest BCUT2D eigenvalue weighted by molar-refractivity contribution is -0.182. The molecule has 2 saturated heterocycles. The monoisotopic (exact) mass is 364 g/mol. The predicted octanol–water partition coefficient (Wildman–Crippen LogP) is 2.30. The molecule has 0 saturated carbocycles. The maximum atomic E-state index is 13.8. The molecule has 5 nitrogen and oxygen atoms in total. The van der Waals surface area contributed by atoms with Gasteiger partial charge in [-0.25, -0.2) is 4.39 Å². The Bertz CT molecular complexity index is 617. The summed E-state index contributed by atoms with van der Waals surface area (Å²) in [6, 6.07) is 6.96. The van der Waals surface area contributed by atoms with Gasteiger partial charge in [0.2, 0.25) is 5.91 Å². The standard InChI is InChI=1S/C20H29FN2O3/c1-22(2)19(24)13-25-9-7-16-8-10-26-20(11-16)14-23(15-20)12-17-5-3-4-6-18(17)21/h3-6,16H,7-15H2,1-2H3. The minimum absolute atomic E-state index is 0.00349. The van der Waals surface area contributed by atoms with Crippen LogP contribution in [0.2, 0.25) is 0 Å². The van der Waals surface area contributed by atoms with Crippen LogP contribution in [0, 0.1) is 11.7 Å². The zero-order valence-electron chi connectivity index (χ0n) is 15.7. The predicted molar refractivity (Wildman–Crippen MR) is 97.2 cm³/mol. The molecule has 0 bridgehead atoms. The molecule has 1 atom stereocenters. The molecule has 0 N–H and O–H groups in total. The number of halogens is 1. The fraction of sp³-hybridized carbons (Fsp3) is 0.650. The first kappa shape index (κ1) is 19.3. The molecule has 1 aromatic carbocycles. The first-order valence-electron chi connectivity index (χ1n) is 9.35. The molecule has 26 heavy (non-hydrogen) atoms. The third kappa shape index (κ3) is 4.81. The van der Waals surface area contributed by atoms with Crippen molar-refractivity contribution >= 4 is 5.91 Å². The third-order valence-corrected chi connectivity index (χ3v) is 5.37. The fourth-order valence-corrected chi connectivity index (χ4v) is 3.88. The van der Waals surface area contributed by atoms with Gasteiger partial charge < -0.3 is 14.4 Å². The Kier molecular flexibility index (Phi) is 6.27. The highest BCUT2D eigenvalue weighted by Gasteiger charge is 2.47. The van der Waals surface area contributed by atoms with Crippen LogP contribution in [0.25, 0.3) is 0 Å². The second-order valence-electron chi connectivity index (χ2n) is 7.76. The number of carbonyl (C=O) groups is 1. The lowest BCUT2D eigenvalue weighted by Crippen LogP contribution is -2.64. The smallest absolute Gasteiger partial charge is 0.248 e. The molecule has 1 unspecified atom stereocenters. The van der Waals surface area contributed by atoms with E-state index in [1.165, 1.54) is 6.07 Å². The van der Waals surface area contributed by atoms with Gasteiger partial charge >= 0.3 is 0 Å². The Morgan fingerprint density at radius 3 is 2.88 bits per heavy atom. The Balaban J connectivity index is 1.39. The highest BCUT2D eigenvalue weighted by Crippen LogP contribution is 2.38. The first-order chi connectivity index (χ1) is 12.5. The molecule has 1 amide bonds. The average molecular weight is 364 g/mol. The first-order valence-corrected chi connectivity index (χ1v) is 9.35. The molecule has 6 heteroatoms. The van der Waals surface area contributed by atoms with Crippen molar-refractivity contribution in [3.8, 4) is 0 Å². The molecule has 0 radical (unpaired) electrons. The molecule has 144 valence electrons. The van der Waals surface area contributed by atoms with Crippen LogP contribution in [-0.4, -0.2) is 68.3 Å². The summed E-state index contributed by atoms with van der Waals surface area (Å²) < 4.78 is 25.4. The minimum atomic E-state index is -0.139. The van der Waals surface area contributed by atoms with Gasteiger partial charge in [0.1, 0.15) is 12.4 Å². The average Bonchev–Trinajstić information content (AvgIpc) is 2.59. The molecular formula is C20H29FN2O3. The van der Waals surface area contributed by atoms with Gasteiger partial charge in [-0.1, -0.05) is 18.2 Å². The summed E-state index contributed by atoms with van der Waals surface area (Å²) in [7, 11) is 3.47. The molecule has 2 heterocycles. The van der Waals surface area contributed by atoms with Crippen molar-refractivity contribution in [2.24, 2.45) is 5.92 Å². The summed E-state index contributed by atoms with van der Waals surface area (Å²) in [6.45, 7) is 3.89. The van der Waals surface area contributed by atoms with Crippen LogP contribution in [-0.2, 0) is 20.8 Å². The Morgan fingerprint density at radius 1 is 1.38 bits per heavy atom. The Hall–Kier alpha value is -1.50. The minimum Gasteiger partial charge on any atom is -0.372 e. The maximum absolute atomic E-state index is 13.8. The second-order valence-corrected chi connectivity index (χ2v) is 7.76. The number of ether oxygens (including phenoxy) is 2. The summed E-state index contributed by atoms with van der Waals surface area (Å²) in [5, 5.41) is 0. The van der Waals surface area contributed by atoms with Gasteiger partial charge in [-0.05, 0) is 31.2 Å². The van der Waals surface area contributed by atoms with Crippen molar-refractivity contribution in [1.29, 1.82) is 0 Å². The van der Waals surface area contributed by atoms with E-state index in [0.29, 0.717) is 19.1 Å². The van der Waals surface area contributed by atoms with Crippen molar-refractivity contribution in [2.45, 2.75) is 31.4 Å². The molecule has 3 rings (SSSR count). The topological polar surface area (TPSA) is 42.0 Å². The summed E-state index contributed by atoms with van der Waals surface area (Å²) in [5.74, 6) is 0.422. The van der Waals surface area contributed by atoms with Crippen LogP contribution in [0.1, 0.15) is 24.8 Å². The van der Waals surface area contributed by atoms with Gasteiger partial charge in [0.25, 0.3) is 0 Å². The van der Waals surface area contributed by atoms with Crippen molar-refractivity contribution in [1.82, 2.24) is 9.80 Å². The maximum Gasteiger partial charge on any atom is 0.248 e. The van der Waals surface area contributed by atoms with Crippen molar-refractivity contribution in [3.05, 3.63) is 35.6 Å². The van der Waals surface area contributed by atoms with Gasteiger partial charge in [-0.15, -0.1) is 0 Å². The van der Waals surface area contributed by atoms with Crippen LogP contribution >= 0.6 is 0 Å².